The molecule has 1 N–H and O–H groups in total. The van der Waals surface area contributed by atoms with Crippen molar-refractivity contribution in [3.05, 3.63) is 22.8 Å². The van der Waals surface area contributed by atoms with Crippen molar-refractivity contribution < 1.29 is 28.8 Å². The van der Waals surface area contributed by atoms with Gasteiger partial charge in [0.15, 0.2) is 13.6 Å². The van der Waals surface area contributed by atoms with Gasteiger partial charge in [0.05, 0.1) is 0 Å². The zero-order chi connectivity index (χ0) is 14.4. The number of benzene rings is 1. The maximum atomic E-state index is 12.0. The smallest absolute Gasteiger partial charge is 0.344 e. The van der Waals surface area contributed by atoms with Crippen LogP contribution in [0.5, 0.6) is 11.5 Å². The molecule has 0 fully saturated rings. The molecule has 0 spiro atoms. The minimum absolute atomic E-state index is 0.0352. The molecule has 6 nitrogen and oxygen atoms in total. The fraction of sp³-hybridized carbons (Fsp3) is 0.462. The number of phenols is 1. The summed E-state index contributed by atoms with van der Waals surface area (Å²) in [7, 11) is 2.88. The number of aromatic hydroxyl groups is 1. The SMILES string of the molecule is COCOC(=O)c1c(OCOC)cc(O)c(C)c1C. The van der Waals surface area contributed by atoms with Crippen LogP contribution in [0.3, 0.4) is 0 Å². The number of hydrogen-bond donors (Lipinski definition) is 1. The molecular weight excluding hydrogens is 252 g/mol. The van der Waals surface area contributed by atoms with E-state index in [1.54, 1.807) is 13.8 Å². The highest BCUT2D eigenvalue weighted by Gasteiger charge is 2.21. The van der Waals surface area contributed by atoms with E-state index in [4.69, 9.17) is 18.9 Å². The number of carbonyl (C=O) groups is 1. The number of methoxy groups -OCH3 is 2. The fourth-order valence-corrected chi connectivity index (χ4v) is 1.54. The summed E-state index contributed by atoms with van der Waals surface area (Å²) >= 11 is 0. The summed E-state index contributed by atoms with van der Waals surface area (Å²) < 4.78 is 19.7. The second-order valence-electron chi connectivity index (χ2n) is 3.91. The van der Waals surface area contributed by atoms with Gasteiger partial charge in [-0.3, -0.25) is 0 Å². The Labute approximate surface area is 111 Å². The molecule has 0 saturated heterocycles. The Bertz CT molecular complexity index is 455. The van der Waals surface area contributed by atoms with Crippen molar-refractivity contribution in [2.75, 3.05) is 27.8 Å². The summed E-state index contributed by atoms with van der Waals surface area (Å²) in [6.45, 7) is 3.23. The van der Waals surface area contributed by atoms with Crippen LogP contribution in [-0.2, 0) is 14.2 Å². The molecule has 0 aliphatic heterocycles. The molecule has 0 atom stereocenters. The molecule has 0 saturated carbocycles. The van der Waals surface area contributed by atoms with Crippen LogP contribution < -0.4 is 4.74 Å². The lowest BCUT2D eigenvalue weighted by molar-refractivity contribution is -0.0133. The topological polar surface area (TPSA) is 74.2 Å². The number of esters is 1. The molecular formula is C13H18O6. The largest absolute Gasteiger partial charge is 0.508 e. The van der Waals surface area contributed by atoms with Gasteiger partial charge in [-0.15, -0.1) is 0 Å². The van der Waals surface area contributed by atoms with Crippen LogP contribution in [0.15, 0.2) is 6.07 Å². The van der Waals surface area contributed by atoms with Gasteiger partial charge < -0.3 is 24.1 Å². The Hall–Kier alpha value is -1.79. The Morgan fingerprint density at radius 2 is 1.79 bits per heavy atom. The molecule has 1 aromatic rings. The van der Waals surface area contributed by atoms with Crippen LogP contribution >= 0.6 is 0 Å². The molecule has 0 radical (unpaired) electrons. The molecule has 0 heterocycles. The fourth-order valence-electron chi connectivity index (χ4n) is 1.54. The first kappa shape index (κ1) is 15.3. The van der Waals surface area contributed by atoms with Crippen molar-refractivity contribution in [2.24, 2.45) is 0 Å². The average molecular weight is 270 g/mol. The number of rotatable bonds is 6. The van der Waals surface area contributed by atoms with E-state index in [1.165, 1.54) is 20.3 Å². The molecule has 6 heteroatoms. The predicted molar refractivity (Wildman–Crippen MR) is 67.4 cm³/mol. The van der Waals surface area contributed by atoms with E-state index in [0.29, 0.717) is 11.1 Å². The molecule has 0 bridgehead atoms. The third kappa shape index (κ3) is 3.59. The van der Waals surface area contributed by atoms with Gasteiger partial charge in [0.2, 0.25) is 0 Å². The minimum atomic E-state index is -0.575. The lowest BCUT2D eigenvalue weighted by atomic mass is 10.0. The van der Waals surface area contributed by atoms with E-state index in [2.05, 4.69) is 0 Å². The van der Waals surface area contributed by atoms with Crippen molar-refractivity contribution in [1.82, 2.24) is 0 Å². The third-order valence-electron chi connectivity index (χ3n) is 2.68. The van der Waals surface area contributed by atoms with Gasteiger partial charge in [0.25, 0.3) is 0 Å². The molecule has 1 aromatic carbocycles. The third-order valence-corrected chi connectivity index (χ3v) is 2.68. The second-order valence-corrected chi connectivity index (χ2v) is 3.91. The molecule has 19 heavy (non-hydrogen) atoms. The van der Waals surface area contributed by atoms with Gasteiger partial charge in [-0.25, -0.2) is 4.79 Å². The maximum absolute atomic E-state index is 12.0. The number of phenolic OH excluding ortho intramolecular Hbond substituents is 1. The monoisotopic (exact) mass is 270 g/mol. The van der Waals surface area contributed by atoms with E-state index in [1.807, 2.05) is 0 Å². The summed E-state index contributed by atoms with van der Waals surface area (Å²) in [6, 6.07) is 1.37. The highest BCUT2D eigenvalue weighted by Crippen LogP contribution is 2.32. The molecule has 0 aliphatic carbocycles. The highest BCUT2D eigenvalue weighted by molar-refractivity contribution is 5.95. The minimum Gasteiger partial charge on any atom is -0.508 e. The van der Waals surface area contributed by atoms with E-state index in [9.17, 15) is 9.90 Å². The van der Waals surface area contributed by atoms with Crippen molar-refractivity contribution in [3.8, 4) is 11.5 Å². The normalized spacial score (nSPS) is 10.3. The van der Waals surface area contributed by atoms with Crippen molar-refractivity contribution in [2.45, 2.75) is 13.8 Å². The van der Waals surface area contributed by atoms with Crippen LogP contribution in [0.1, 0.15) is 21.5 Å². The number of ether oxygens (including phenoxy) is 4. The van der Waals surface area contributed by atoms with Crippen LogP contribution in [0.4, 0.5) is 0 Å². The molecule has 0 aliphatic rings. The van der Waals surface area contributed by atoms with Gasteiger partial charge in [0.1, 0.15) is 17.1 Å². The van der Waals surface area contributed by atoms with E-state index < -0.39 is 5.97 Å². The lowest BCUT2D eigenvalue weighted by Gasteiger charge is -2.15. The summed E-state index contributed by atoms with van der Waals surface area (Å²) in [5, 5.41) is 9.76. The Morgan fingerprint density at radius 1 is 1.16 bits per heavy atom. The zero-order valence-corrected chi connectivity index (χ0v) is 11.5. The Morgan fingerprint density at radius 3 is 2.37 bits per heavy atom. The van der Waals surface area contributed by atoms with E-state index in [-0.39, 0.29) is 30.6 Å². The van der Waals surface area contributed by atoms with Gasteiger partial charge in [-0.1, -0.05) is 0 Å². The van der Waals surface area contributed by atoms with Gasteiger partial charge in [-0.2, -0.15) is 0 Å². The Kier molecular flexibility index (Phi) is 5.59. The maximum Gasteiger partial charge on any atom is 0.344 e. The van der Waals surface area contributed by atoms with Crippen LogP contribution in [0.2, 0.25) is 0 Å². The zero-order valence-electron chi connectivity index (χ0n) is 11.5. The molecule has 0 amide bonds. The average Bonchev–Trinajstić information content (AvgIpc) is 2.39. The standard InChI is InChI=1S/C13H18O6/c1-8-9(2)12(13(15)19-7-17-4)11(5-10(8)14)18-6-16-3/h5,14H,6-7H2,1-4H3. The second kappa shape index (κ2) is 6.96. The molecule has 0 unspecified atom stereocenters. The quantitative estimate of drug-likeness (QED) is 0.627. The number of hydrogen-bond acceptors (Lipinski definition) is 6. The Balaban J connectivity index is 3.17. The molecule has 0 aromatic heterocycles. The van der Waals surface area contributed by atoms with Gasteiger partial charge in [-0.05, 0) is 25.0 Å². The first-order valence-corrected chi connectivity index (χ1v) is 5.63. The summed E-state index contributed by atoms with van der Waals surface area (Å²) in [5.74, 6) is -0.316. The first-order chi connectivity index (χ1) is 9.02. The molecule has 106 valence electrons. The predicted octanol–water partition coefficient (Wildman–Crippen LogP) is 1.75. The highest BCUT2D eigenvalue weighted by atomic mass is 16.7. The van der Waals surface area contributed by atoms with Crippen LogP contribution in [0, 0.1) is 13.8 Å². The van der Waals surface area contributed by atoms with Crippen LogP contribution in [-0.4, -0.2) is 38.9 Å². The van der Waals surface area contributed by atoms with E-state index in [0.717, 1.165) is 0 Å². The van der Waals surface area contributed by atoms with Gasteiger partial charge >= 0.3 is 5.97 Å². The van der Waals surface area contributed by atoms with Gasteiger partial charge in [0, 0.05) is 20.3 Å². The van der Waals surface area contributed by atoms with Crippen molar-refractivity contribution >= 4 is 5.97 Å². The van der Waals surface area contributed by atoms with Crippen molar-refractivity contribution in [3.63, 3.8) is 0 Å². The summed E-state index contributed by atoms with van der Waals surface area (Å²) in [4.78, 5) is 12.0. The van der Waals surface area contributed by atoms with Crippen molar-refractivity contribution in [1.29, 1.82) is 0 Å². The summed E-state index contributed by atoms with van der Waals surface area (Å²) in [6.07, 6.45) is 0. The number of carbonyl (C=O) groups excluding carboxylic acids is 1. The van der Waals surface area contributed by atoms with E-state index >= 15 is 0 Å². The lowest BCUT2D eigenvalue weighted by Crippen LogP contribution is -2.13. The summed E-state index contributed by atoms with van der Waals surface area (Å²) in [5.41, 5.74) is 1.44. The van der Waals surface area contributed by atoms with Crippen LogP contribution in [0.25, 0.3) is 0 Å². The molecule has 1 rings (SSSR count). The first-order valence-electron chi connectivity index (χ1n) is 5.63.